The van der Waals surface area contributed by atoms with Crippen LogP contribution in [0, 0.1) is 5.92 Å². The van der Waals surface area contributed by atoms with Crippen LogP contribution in [0.25, 0.3) is 10.9 Å². The Hall–Kier alpha value is -2.15. The van der Waals surface area contributed by atoms with E-state index in [4.69, 9.17) is 16.3 Å². The second kappa shape index (κ2) is 7.46. The van der Waals surface area contributed by atoms with Crippen LogP contribution >= 0.6 is 11.6 Å². The Bertz CT molecular complexity index is 884. The average Bonchev–Trinajstić information content (AvgIpc) is 2.97. The lowest BCUT2D eigenvalue weighted by molar-refractivity contribution is -0.406. The van der Waals surface area contributed by atoms with E-state index in [-0.39, 0.29) is 12.0 Å². The van der Waals surface area contributed by atoms with Gasteiger partial charge in [0, 0.05) is 37.6 Å². The lowest BCUT2D eigenvalue weighted by Crippen LogP contribution is -2.43. The van der Waals surface area contributed by atoms with Crippen molar-refractivity contribution in [1.29, 1.82) is 0 Å². The largest absolute Gasteiger partial charge is 0.444 e. The van der Waals surface area contributed by atoms with Crippen molar-refractivity contribution in [2.75, 3.05) is 20.1 Å². The molecule has 1 aliphatic heterocycles. The first kappa shape index (κ1) is 19.6. The molecule has 0 radical (unpaired) electrons. The fourth-order valence-corrected chi connectivity index (χ4v) is 3.61. The highest BCUT2D eigenvalue weighted by Gasteiger charge is 2.28. The van der Waals surface area contributed by atoms with Crippen LogP contribution in [-0.2, 0) is 11.8 Å². The summed E-state index contributed by atoms with van der Waals surface area (Å²) >= 11 is 6.17. The van der Waals surface area contributed by atoms with Crippen molar-refractivity contribution in [3.05, 3.63) is 17.4 Å². The van der Waals surface area contributed by atoms with Crippen LogP contribution in [0.15, 0.2) is 12.3 Å². The standard InChI is InChI=1S/C19H27ClN5O2/c1-19(2,3)27-18(26)25-9-6-7-13(12-25)11-24(5)17-15-14(8-10-23(15)4)16(20)21-22-17/h8,10-11,13H,6-7,9,12H2,1-5H3/q+1. The maximum atomic E-state index is 12.4. The number of hydrogen-bond donors (Lipinski definition) is 0. The number of ether oxygens (including phenoxy) is 1. The molecule has 8 heteroatoms. The van der Waals surface area contributed by atoms with Crippen LogP contribution in [0.3, 0.4) is 0 Å². The Morgan fingerprint density at radius 1 is 1.41 bits per heavy atom. The van der Waals surface area contributed by atoms with E-state index < -0.39 is 5.60 Å². The molecule has 1 amide bonds. The third kappa shape index (κ3) is 4.40. The monoisotopic (exact) mass is 392 g/mol. The number of fused-ring (bicyclic) bond motifs is 1. The quantitative estimate of drug-likeness (QED) is 0.578. The summed E-state index contributed by atoms with van der Waals surface area (Å²) in [5.41, 5.74) is 0.454. The number of rotatable bonds is 2. The zero-order chi connectivity index (χ0) is 19.8. The van der Waals surface area contributed by atoms with E-state index in [2.05, 4.69) is 16.4 Å². The molecule has 7 nitrogen and oxygen atoms in total. The van der Waals surface area contributed by atoms with E-state index in [1.807, 2.05) is 56.3 Å². The number of nitrogens with zero attached hydrogens (tertiary/aromatic N) is 5. The molecule has 1 fully saturated rings. The zero-order valence-electron chi connectivity index (χ0n) is 16.6. The molecule has 1 aliphatic rings. The highest BCUT2D eigenvalue weighted by atomic mass is 35.5. The molecule has 0 aromatic carbocycles. The van der Waals surface area contributed by atoms with Crippen molar-refractivity contribution in [2.24, 2.45) is 13.0 Å². The number of aryl methyl sites for hydroxylation is 1. The van der Waals surface area contributed by atoms with Gasteiger partial charge >= 0.3 is 11.9 Å². The smallest absolute Gasteiger partial charge is 0.410 e. The molecule has 0 bridgehead atoms. The third-order valence-electron chi connectivity index (χ3n) is 4.62. The normalized spacial score (nSPS) is 18.8. The number of aromatic nitrogens is 3. The van der Waals surface area contributed by atoms with Gasteiger partial charge < -0.3 is 14.2 Å². The van der Waals surface area contributed by atoms with Gasteiger partial charge in [-0.05, 0) is 44.8 Å². The molecule has 3 rings (SSSR count). The van der Waals surface area contributed by atoms with E-state index in [1.165, 1.54) is 0 Å². The van der Waals surface area contributed by atoms with Crippen molar-refractivity contribution in [2.45, 2.75) is 39.2 Å². The predicted molar refractivity (Wildman–Crippen MR) is 106 cm³/mol. The second-order valence-electron chi connectivity index (χ2n) is 8.09. The molecule has 1 unspecified atom stereocenters. The number of carbonyl (C=O) groups excluding carboxylic acids is 1. The van der Waals surface area contributed by atoms with E-state index in [0.29, 0.717) is 11.7 Å². The molecule has 2 aromatic heterocycles. The van der Waals surface area contributed by atoms with Gasteiger partial charge in [0.15, 0.2) is 5.15 Å². The van der Waals surface area contributed by atoms with E-state index in [1.54, 1.807) is 4.90 Å². The topological polar surface area (TPSA) is 63.3 Å². The number of likely N-dealkylation sites (tertiary alicyclic amines) is 1. The van der Waals surface area contributed by atoms with Gasteiger partial charge in [-0.15, -0.1) is 0 Å². The van der Waals surface area contributed by atoms with E-state index in [0.717, 1.165) is 36.1 Å². The number of amides is 1. The fourth-order valence-electron chi connectivity index (χ4n) is 3.42. The molecule has 2 aromatic rings. The molecule has 0 saturated carbocycles. The molecule has 27 heavy (non-hydrogen) atoms. The minimum absolute atomic E-state index is 0.226. The Morgan fingerprint density at radius 2 is 2.15 bits per heavy atom. The average molecular weight is 393 g/mol. The van der Waals surface area contributed by atoms with Crippen LogP contribution in [0.4, 0.5) is 10.6 Å². The third-order valence-corrected chi connectivity index (χ3v) is 4.90. The molecule has 1 atom stereocenters. The molecule has 0 spiro atoms. The lowest BCUT2D eigenvalue weighted by atomic mass is 9.99. The Labute approximate surface area is 164 Å². The minimum atomic E-state index is -0.485. The Balaban J connectivity index is 1.81. The van der Waals surface area contributed by atoms with Gasteiger partial charge in [0.05, 0.1) is 18.4 Å². The summed E-state index contributed by atoms with van der Waals surface area (Å²) in [6.45, 7) is 7.02. The maximum Gasteiger partial charge on any atom is 0.410 e. The van der Waals surface area contributed by atoms with Crippen molar-refractivity contribution < 1.29 is 14.1 Å². The first-order valence-corrected chi connectivity index (χ1v) is 9.56. The van der Waals surface area contributed by atoms with E-state index in [9.17, 15) is 4.79 Å². The molecule has 1 saturated heterocycles. The number of piperidine rings is 1. The lowest BCUT2D eigenvalue weighted by Gasteiger charge is -2.32. The number of hydrogen-bond acceptors (Lipinski definition) is 4. The molecule has 0 aliphatic carbocycles. The van der Waals surface area contributed by atoms with Gasteiger partial charge in [-0.3, -0.25) is 0 Å². The van der Waals surface area contributed by atoms with Crippen LogP contribution in [0.5, 0.6) is 0 Å². The zero-order valence-corrected chi connectivity index (χ0v) is 17.3. The summed E-state index contributed by atoms with van der Waals surface area (Å²) in [7, 11) is 3.92. The van der Waals surface area contributed by atoms with Crippen molar-refractivity contribution in [3.63, 3.8) is 0 Å². The molecular weight excluding hydrogens is 366 g/mol. The first-order valence-electron chi connectivity index (χ1n) is 9.18. The van der Waals surface area contributed by atoms with Crippen molar-refractivity contribution >= 4 is 40.6 Å². The van der Waals surface area contributed by atoms with Gasteiger partial charge in [-0.2, -0.15) is 0 Å². The number of halogens is 1. The molecule has 3 heterocycles. The van der Waals surface area contributed by atoms with Crippen LogP contribution in [-0.4, -0.2) is 62.3 Å². The second-order valence-corrected chi connectivity index (χ2v) is 8.45. The first-order chi connectivity index (χ1) is 12.7. The van der Waals surface area contributed by atoms with Crippen LogP contribution in [0.1, 0.15) is 33.6 Å². The van der Waals surface area contributed by atoms with Gasteiger partial charge in [0.2, 0.25) is 0 Å². The van der Waals surface area contributed by atoms with Gasteiger partial charge in [0.25, 0.3) is 0 Å². The highest BCUT2D eigenvalue weighted by molar-refractivity contribution is 6.34. The summed E-state index contributed by atoms with van der Waals surface area (Å²) in [5.74, 6) is 0.973. The fraction of sp³-hybridized carbons (Fsp3) is 0.579. The molecular formula is C19H27ClN5O2+. The highest BCUT2D eigenvalue weighted by Crippen LogP contribution is 2.28. The summed E-state index contributed by atoms with van der Waals surface area (Å²) in [5, 5.41) is 9.65. The van der Waals surface area contributed by atoms with Crippen LogP contribution < -0.4 is 0 Å². The molecule has 146 valence electrons. The van der Waals surface area contributed by atoms with Gasteiger partial charge in [0.1, 0.15) is 11.1 Å². The maximum absolute atomic E-state index is 12.4. The minimum Gasteiger partial charge on any atom is -0.444 e. The van der Waals surface area contributed by atoms with Crippen molar-refractivity contribution in [3.8, 4) is 0 Å². The van der Waals surface area contributed by atoms with Crippen LogP contribution in [0.2, 0.25) is 5.15 Å². The van der Waals surface area contributed by atoms with E-state index >= 15 is 0 Å². The van der Waals surface area contributed by atoms with Crippen molar-refractivity contribution in [1.82, 2.24) is 19.7 Å². The number of carbonyl (C=O) groups is 1. The Kier molecular flexibility index (Phi) is 5.42. The van der Waals surface area contributed by atoms with Gasteiger partial charge in [-0.1, -0.05) is 11.6 Å². The predicted octanol–water partition coefficient (Wildman–Crippen LogP) is 3.61. The van der Waals surface area contributed by atoms with Gasteiger partial charge in [-0.25, -0.2) is 9.37 Å². The molecule has 0 N–H and O–H groups in total. The summed E-state index contributed by atoms with van der Waals surface area (Å²) in [6, 6.07) is 1.94. The summed E-state index contributed by atoms with van der Waals surface area (Å²) in [6.07, 6.45) is 5.77. The SMILES string of the molecule is Cn1ccc2c(Cl)nnc([N+](C)=CC3CCCN(C(=O)OC(C)(C)C)C3)c21. The Morgan fingerprint density at radius 3 is 2.85 bits per heavy atom. The summed E-state index contributed by atoms with van der Waals surface area (Å²) in [4.78, 5) is 14.2. The summed E-state index contributed by atoms with van der Waals surface area (Å²) < 4.78 is 9.48.